The Morgan fingerprint density at radius 1 is 1.37 bits per heavy atom. The van der Waals surface area contributed by atoms with Crippen LogP contribution in [0, 0.1) is 0 Å². The third kappa shape index (κ3) is 4.84. The van der Waals surface area contributed by atoms with E-state index < -0.39 is 6.09 Å². The Balaban J connectivity index is 2.55. The maximum Gasteiger partial charge on any atom is 0.404 e. The van der Waals surface area contributed by atoms with Crippen LogP contribution in [0.15, 0.2) is 12.1 Å². The fourth-order valence-corrected chi connectivity index (χ4v) is 1.84. The van der Waals surface area contributed by atoms with Crippen molar-refractivity contribution in [2.45, 2.75) is 6.54 Å². The molecular formula is C12H17ClN2O4. The number of hydrogen-bond donors (Lipinski definition) is 2. The Hall–Kier alpha value is -1.66. The number of carbonyl (C=O) groups is 1. The Morgan fingerprint density at radius 2 is 2.11 bits per heavy atom. The minimum Gasteiger partial charge on any atom is -0.493 e. The predicted molar refractivity (Wildman–Crippen MR) is 71.8 cm³/mol. The number of rotatable bonds is 7. The number of halogens is 1. The van der Waals surface area contributed by atoms with Crippen molar-refractivity contribution in [2.24, 2.45) is 5.73 Å². The van der Waals surface area contributed by atoms with E-state index in [9.17, 15) is 4.79 Å². The van der Waals surface area contributed by atoms with Crippen molar-refractivity contribution in [3.63, 3.8) is 0 Å². The molecular weight excluding hydrogens is 272 g/mol. The number of nitrogens with two attached hydrogens (primary N) is 1. The zero-order valence-electron chi connectivity index (χ0n) is 10.9. The number of methoxy groups -OCH3 is 2. The number of ether oxygens (including phenoxy) is 3. The van der Waals surface area contributed by atoms with Gasteiger partial charge in [0.15, 0.2) is 11.5 Å². The van der Waals surface area contributed by atoms with Crippen LogP contribution in [-0.2, 0) is 11.3 Å². The second-order valence-corrected chi connectivity index (χ2v) is 4.06. The number of hydrogen-bond acceptors (Lipinski definition) is 5. The maximum absolute atomic E-state index is 10.4. The Labute approximate surface area is 116 Å². The molecule has 0 bridgehead atoms. The molecule has 1 amide bonds. The molecule has 1 aromatic rings. The van der Waals surface area contributed by atoms with Gasteiger partial charge in [0.05, 0.1) is 19.2 Å². The minimum absolute atomic E-state index is 0.219. The zero-order valence-corrected chi connectivity index (χ0v) is 11.6. The molecule has 3 N–H and O–H groups in total. The van der Waals surface area contributed by atoms with Crippen molar-refractivity contribution in [1.29, 1.82) is 0 Å². The van der Waals surface area contributed by atoms with E-state index in [4.69, 9.17) is 26.8 Å². The largest absolute Gasteiger partial charge is 0.493 e. The monoisotopic (exact) mass is 288 g/mol. The Bertz CT molecular complexity index is 440. The summed E-state index contributed by atoms with van der Waals surface area (Å²) in [6.07, 6.45) is -0.782. The van der Waals surface area contributed by atoms with E-state index in [2.05, 4.69) is 10.1 Å². The molecule has 0 aliphatic carbocycles. The van der Waals surface area contributed by atoms with Gasteiger partial charge in [-0.25, -0.2) is 4.79 Å². The maximum atomic E-state index is 10.4. The van der Waals surface area contributed by atoms with Crippen molar-refractivity contribution >= 4 is 17.7 Å². The van der Waals surface area contributed by atoms with Crippen molar-refractivity contribution in [3.05, 3.63) is 22.7 Å². The Morgan fingerprint density at radius 3 is 2.68 bits per heavy atom. The second kappa shape index (κ2) is 7.70. The lowest BCUT2D eigenvalue weighted by Gasteiger charge is -2.12. The summed E-state index contributed by atoms with van der Waals surface area (Å²) in [5, 5.41) is 3.56. The van der Waals surface area contributed by atoms with Crippen LogP contribution in [0.5, 0.6) is 11.5 Å². The fourth-order valence-electron chi connectivity index (χ4n) is 1.53. The zero-order chi connectivity index (χ0) is 14.3. The van der Waals surface area contributed by atoms with Crippen molar-refractivity contribution in [2.75, 3.05) is 27.4 Å². The van der Waals surface area contributed by atoms with Crippen LogP contribution in [0.25, 0.3) is 0 Å². The average Bonchev–Trinajstić information content (AvgIpc) is 2.37. The van der Waals surface area contributed by atoms with Gasteiger partial charge in [0.1, 0.15) is 6.61 Å². The molecule has 19 heavy (non-hydrogen) atoms. The predicted octanol–water partition coefficient (Wildman–Crippen LogP) is 1.54. The Kier molecular flexibility index (Phi) is 6.24. The molecule has 0 fully saturated rings. The first-order chi connectivity index (χ1) is 9.08. The van der Waals surface area contributed by atoms with Gasteiger partial charge >= 0.3 is 6.09 Å². The van der Waals surface area contributed by atoms with E-state index in [-0.39, 0.29) is 6.61 Å². The highest BCUT2D eigenvalue weighted by molar-refractivity contribution is 6.32. The molecule has 0 radical (unpaired) electrons. The molecule has 0 aliphatic rings. The smallest absolute Gasteiger partial charge is 0.404 e. The van der Waals surface area contributed by atoms with E-state index >= 15 is 0 Å². The highest BCUT2D eigenvalue weighted by Crippen LogP contribution is 2.35. The van der Waals surface area contributed by atoms with Crippen LogP contribution in [0.3, 0.4) is 0 Å². The molecule has 6 nitrogen and oxygen atoms in total. The number of primary amides is 1. The minimum atomic E-state index is -0.782. The third-order valence-electron chi connectivity index (χ3n) is 2.35. The summed E-state index contributed by atoms with van der Waals surface area (Å²) < 4.78 is 14.9. The first kappa shape index (κ1) is 15.4. The van der Waals surface area contributed by atoms with Crippen LogP contribution < -0.4 is 20.5 Å². The number of amides is 1. The lowest BCUT2D eigenvalue weighted by molar-refractivity contribution is 0.157. The standard InChI is InChI=1S/C12H17ClN2O4/c1-17-10-6-8(5-9(13)11(10)18-2)7-15-3-4-19-12(14)16/h5-6,15H,3-4,7H2,1-2H3,(H2,14,16). The summed E-state index contributed by atoms with van der Waals surface area (Å²) in [6, 6.07) is 3.61. The SMILES string of the molecule is COc1cc(CNCCOC(N)=O)cc(Cl)c1OC. The normalized spacial score (nSPS) is 10.1. The van der Waals surface area contributed by atoms with Gasteiger partial charge in [0, 0.05) is 13.1 Å². The molecule has 0 aliphatic heterocycles. The van der Waals surface area contributed by atoms with E-state index in [1.165, 1.54) is 7.11 Å². The summed E-state index contributed by atoms with van der Waals surface area (Å²) in [7, 11) is 3.08. The molecule has 0 unspecified atom stereocenters. The van der Waals surface area contributed by atoms with Gasteiger partial charge in [-0.2, -0.15) is 0 Å². The molecule has 106 valence electrons. The highest BCUT2D eigenvalue weighted by Gasteiger charge is 2.10. The molecule has 0 atom stereocenters. The molecule has 1 aromatic carbocycles. The number of carbonyl (C=O) groups excluding carboxylic acids is 1. The van der Waals surface area contributed by atoms with E-state index in [1.807, 2.05) is 6.07 Å². The highest BCUT2D eigenvalue weighted by atomic mass is 35.5. The molecule has 0 saturated heterocycles. The van der Waals surface area contributed by atoms with Gasteiger partial charge in [-0.3, -0.25) is 0 Å². The average molecular weight is 289 g/mol. The number of benzene rings is 1. The number of nitrogens with one attached hydrogen (secondary N) is 1. The molecule has 0 saturated carbocycles. The van der Waals surface area contributed by atoms with Crippen LogP contribution in [0.4, 0.5) is 4.79 Å². The van der Waals surface area contributed by atoms with Crippen LogP contribution >= 0.6 is 11.6 Å². The summed E-state index contributed by atoms with van der Waals surface area (Å²) in [5.74, 6) is 1.07. The summed E-state index contributed by atoms with van der Waals surface area (Å²) >= 11 is 6.08. The topological polar surface area (TPSA) is 82.8 Å². The fraction of sp³-hybridized carbons (Fsp3) is 0.417. The molecule has 0 aromatic heterocycles. The van der Waals surface area contributed by atoms with Crippen molar-refractivity contribution < 1.29 is 19.0 Å². The second-order valence-electron chi connectivity index (χ2n) is 3.66. The molecule has 1 rings (SSSR count). The van der Waals surface area contributed by atoms with Gasteiger partial charge in [0.25, 0.3) is 0 Å². The molecule has 0 heterocycles. The molecule has 7 heteroatoms. The van der Waals surface area contributed by atoms with Crippen molar-refractivity contribution in [1.82, 2.24) is 5.32 Å². The van der Waals surface area contributed by atoms with Gasteiger partial charge in [-0.15, -0.1) is 0 Å². The quantitative estimate of drug-likeness (QED) is 0.744. The summed E-state index contributed by atoms with van der Waals surface area (Å²) in [5.41, 5.74) is 5.77. The third-order valence-corrected chi connectivity index (χ3v) is 2.63. The lowest BCUT2D eigenvalue weighted by Crippen LogP contribution is -2.23. The van der Waals surface area contributed by atoms with Crippen LogP contribution in [-0.4, -0.2) is 33.5 Å². The van der Waals surface area contributed by atoms with E-state index in [0.29, 0.717) is 29.6 Å². The van der Waals surface area contributed by atoms with Crippen molar-refractivity contribution in [3.8, 4) is 11.5 Å². The first-order valence-corrected chi connectivity index (χ1v) is 5.99. The van der Waals surface area contributed by atoms with Crippen LogP contribution in [0.2, 0.25) is 5.02 Å². The van der Waals surface area contributed by atoms with Gasteiger partial charge in [0.2, 0.25) is 0 Å². The first-order valence-electron chi connectivity index (χ1n) is 5.61. The summed E-state index contributed by atoms with van der Waals surface area (Å²) in [4.78, 5) is 10.4. The van der Waals surface area contributed by atoms with Gasteiger partial charge < -0.3 is 25.3 Å². The van der Waals surface area contributed by atoms with Crippen LogP contribution in [0.1, 0.15) is 5.56 Å². The van der Waals surface area contributed by atoms with E-state index in [0.717, 1.165) is 5.56 Å². The van der Waals surface area contributed by atoms with Gasteiger partial charge in [-0.05, 0) is 17.7 Å². The van der Waals surface area contributed by atoms with Gasteiger partial charge in [-0.1, -0.05) is 11.6 Å². The lowest BCUT2D eigenvalue weighted by atomic mass is 10.2. The van der Waals surface area contributed by atoms with E-state index in [1.54, 1.807) is 13.2 Å². The summed E-state index contributed by atoms with van der Waals surface area (Å²) in [6.45, 7) is 1.27. The molecule has 0 spiro atoms.